The molecule has 1 N–H and O–H groups in total. The average Bonchev–Trinajstić information content (AvgIpc) is 3.23. The standard InChI is InChI=1S/C20H15N5O4S/c26-25(27)17-10-14-19(22-11-12-1-2-15-16(9-12)29-8-7-28-15)23-18(24-20(14)30-17)13-3-5-21-6-4-13/h1-6,9-10H,7-8,11H2,(H,22,23,24). The fourth-order valence-corrected chi connectivity index (χ4v) is 3.99. The SMILES string of the molecule is O=[N+]([O-])c1cc2c(NCc3ccc4c(c3)OCCO4)nc(-c3ccncc3)nc2s1. The maximum atomic E-state index is 11.3. The van der Waals surface area contributed by atoms with Crippen molar-refractivity contribution in [1.82, 2.24) is 15.0 Å². The molecule has 0 bridgehead atoms. The van der Waals surface area contributed by atoms with E-state index in [1.165, 1.54) is 6.07 Å². The summed E-state index contributed by atoms with van der Waals surface area (Å²) in [5.41, 5.74) is 1.76. The van der Waals surface area contributed by atoms with Crippen LogP contribution in [0.4, 0.5) is 10.8 Å². The van der Waals surface area contributed by atoms with Gasteiger partial charge in [-0.15, -0.1) is 0 Å². The first kappa shape index (κ1) is 18.3. The van der Waals surface area contributed by atoms with E-state index in [0.29, 0.717) is 47.4 Å². The quantitative estimate of drug-likeness (QED) is 0.379. The van der Waals surface area contributed by atoms with Crippen molar-refractivity contribution in [3.8, 4) is 22.9 Å². The zero-order valence-corrected chi connectivity index (χ0v) is 16.4. The zero-order valence-electron chi connectivity index (χ0n) is 15.6. The number of aromatic nitrogens is 3. The van der Waals surface area contributed by atoms with Gasteiger partial charge in [0.05, 0.1) is 10.3 Å². The van der Waals surface area contributed by atoms with Gasteiger partial charge in [-0.05, 0) is 41.2 Å². The van der Waals surface area contributed by atoms with Crippen LogP contribution in [-0.4, -0.2) is 33.1 Å². The first-order valence-electron chi connectivity index (χ1n) is 9.16. The van der Waals surface area contributed by atoms with Gasteiger partial charge in [-0.2, -0.15) is 0 Å². The van der Waals surface area contributed by atoms with Crippen molar-refractivity contribution in [2.24, 2.45) is 0 Å². The minimum Gasteiger partial charge on any atom is -0.486 e. The number of benzene rings is 1. The third kappa shape index (κ3) is 3.48. The predicted octanol–water partition coefficient (Wildman–Crippen LogP) is 4.04. The van der Waals surface area contributed by atoms with Crippen molar-refractivity contribution in [2.75, 3.05) is 18.5 Å². The number of nitro groups is 1. The summed E-state index contributed by atoms with van der Waals surface area (Å²) in [5.74, 6) is 2.44. The summed E-state index contributed by atoms with van der Waals surface area (Å²) in [6.07, 6.45) is 3.31. The van der Waals surface area contributed by atoms with Gasteiger partial charge in [-0.1, -0.05) is 6.07 Å². The van der Waals surface area contributed by atoms with Gasteiger partial charge in [-0.25, -0.2) is 9.97 Å². The summed E-state index contributed by atoms with van der Waals surface area (Å²) in [6.45, 7) is 1.52. The molecule has 150 valence electrons. The van der Waals surface area contributed by atoms with E-state index >= 15 is 0 Å². The molecule has 10 heteroatoms. The minimum absolute atomic E-state index is 0.0218. The van der Waals surface area contributed by atoms with Crippen molar-refractivity contribution in [2.45, 2.75) is 6.54 Å². The van der Waals surface area contributed by atoms with E-state index in [2.05, 4.69) is 20.3 Å². The number of hydrogen-bond donors (Lipinski definition) is 1. The first-order valence-corrected chi connectivity index (χ1v) is 9.98. The Morgan fingerprint density at radius 1 is 1.07 bits per heavy atom. The van der Waals surface area contributed by atoms with E-state index in [-0.39, 0.29) is 5.00 Å². The number of fused-ring (bicyclic) bond motifs is 2. The summed E-state index contributed by atoms with van der Waals surface area (Å²) in [4.78, 5) is 24.6. The molecule has 0 aliphatic carbocycles. The van der Waals surface area contributed by atoms with Gasteiger partial charge in [0.1, 0.15) is 23.9 Å². The lowest BCUT2D eigenvalue weighted by atomic mass is 10.2. The Morgan fingerprint density at radius 2 is 1.87 bits per heavy atom. The van der Waals surface area contributed by atoms with Crippen LogP contribution in [0.5, 0.6) is 11.5 Å². The molecule has 0 fully saturated rings. The van der Waals surface area contributed by atoms with Crippen molar-refractivity contribution in [3.63, 3.8) is 0 Å². The highest BCUT2D eigenvalue weighted by Gasteiger charge is 2.18. The summed E-state index contributed by atoms with van der Waals surface area (Å²) in [6, 6.07) is 10.8. The summed E-state index contributed by atoms with van der Waals surface area (Å²) < 4.78 is 11.2. The molecule has 1 aliphatic rings. The second-order valence-electron chi connectivity index (χ2n) is 6.52. The monoisotopic (exact) mass is 421 g/mol. The van der Waals surface area contributed by atoms with Crippen LogP contribution in [0, 0.1) is 10.1 Å². The van der Waals surface area contributed by atoms with Crippen molar-refractivity contribution in [1.29, 1.82) is 0 Å². The molecule has 0 atom stereocenters. The number of thiophene rings is 1. The van der Waals surface area contributed by atoms with Gasteiger partial charge >= 0.3 is 5.00 Å². The highest BCUT2D eigenvalue weighted by atomic mass is 32.1. The van der Waals surface area contributed by atoms with Crippen LogP contribution in [-0.2, 0) is 6.54 Å². The lowest BCUT2D eigenvalue weighted by Gasteiger charge is -2.19. The highest BCUT2D eigenvalue weighted by molar-refractivity contribution is 7.21. The Labute approximate surface area is 174 Å². The fraction of sp³-hybridized carbons (Fsp3) is 0.150. The maximum Gasteiger partial charge on any atom is 0.326 e. The van der Waals surface area contributed by atoms with Gasteiger partial charge in [0.25, 0.3) is 0 Å². The van der Waals surface area contributed by atoms with Gasteiger partial charge in [0, 0.05) is 30.6 Å². The number of anilines is 1. The lowest BCUT2D eigenvalue weighted by molar-refractivity contribution is -0.380. The molecule has 1 aromatic carbocycles. The number of nitrogens with one attached hydrogen (secondary N) is 1. The molecule has 0 saturated heterocycles. The Morgan fingerprint density at radius 3 is 2.67 bits per heavy atom. The van der Waals surface area contributed by atoms with Crippen molar-refractivity contribution >= 4 is 32.4 Å². The van der Waals surface area contributed by atoms with Crippen LogP contribution >= 0.6 is 11.3 Å². The van der Waals surface area contributed by atoms with Crippen molar-refractivity contribution < 1.29 is 14.4 Å². The van der Waals surface area contributed by atoms with E-state index < -0.39 is 4.92 Å². The number of nitrogens with zero attached hydrogens (tertiary/aromatic N) is 4. The molecule has 3 aromatic heterocycles. The van der Waals surface area contributed by atoms with E-state index in [4.69, 9.17) is 9.47 Å². The Balaban J connectivity index is 1.51. The molecule has 0 radical (unpaired) electrons. The summed E-state index contributed by atoms with van der Waals surface area (Å²) in [5, 5.41) is 15.2. The second-order valence-corrected chi connectivity index (χ2v) is 7.53. The third-order valence-electron chi connectivity index (χ3n) is 4.56. The van der Waals surface area contributed by atoms with Gasteiger partial charge in [0.15, 0.2) is 17.3 Å². The second kappa shape index (κ2) is 7.56. The van der Waals surface area contributed by atoms with E-state index in [9.17, 15) is 10.1 Å². The summed E-state index contributed by atoms with van der Waals surface area (Å²) in [7, 11) is 0. The van der Waals surface area contributed by atoms with Crippen LogP contribution in [0.25, 0.3) is 21.6 Å². The highest BCUT2D eigenvalue weighted by Crippen LogP contribution is 2.36. The third-order valence-corrected chi connectivity index (χ3v) is 5.55. The van der Waals surface area contributed by atoms with Crippen LogP contribution in [0.3, 0.4) is 0 Å². The first-order chi connectivity index (χ1) is 14.7. The van der Waals surface area contributed by atoms with Crippen LogP contribution in [0.2, 0.25) is 0 Å². The largest absolute Gasteiger partial charge is 0.486 e. The minimum atomic E-state index is -0.414. The van der Waals surface area contributed by atoms with Crippen LogP contribution in [0.15, 0.2) is 48.8 Å². The number of hydrogen-bond acceptors (Lipinski definition) is 9. The Bertz CT molecular complexity index is 1240. The van der Waals surface area contributed by atoms with E-state index in [1.54, 1.807) is 24.5 Å². The molecule has 0 spiro atoms. The molecule has 1 aliphatic heterocycles. The molecule has 0 amide bonds. The Hall–Kier alpha value is -3.79. The lowest BCUT2D eigenvalue weighted by Crippen LogP contribution is -2.15. The normalized spacial score (nSPS) is 12.7. The van der Waals surface area contributed by atoms with Gasteiger partial charge in [0.2, 0.25) is 0 Å². The number of pyridine rings is 1. The smallest absolute Gasteiger partial charge is 0.326 e. The molecule has 30 heavy (non-hydrogen) atoms. The van der Waals surface area contributed by atoms with Gasteiger partial charge < -0.3 is 14.8 Å². The number of ether oxygens (including phenoxy) is 2. The van der Waals surface area contributed by atoms with Crippen molar-refractivity contribution in [3.05, 3.63) is 64.5 Å². The Kier molecular flexibility index (Phi) is 4.60. The topological polar surface area (TPSA) is 112 Å². The predicted molar refractivity (Wildman–Crippen MR) is 112 cm³/mol. The molecular formula is C20H15N5O4S. The maximum absolute atomic E-state index is 11.3. The molecule has 0 saturated carbocycles. The molecular weight excluding hydrogens is 406 g/mol. The average molecular weight is 421 g/mol. The van der Waals surface area contributed by atoms with E-state index in [0.717, 1.165) is 28.2 Å². The molecule has 4 heterocycles. The van der Waals surface area contributed by atoms with E-state index in [1.807, 2.05) is 18.2 Å². The molecule has 5 rings (SSSR count). The fourth-order valence-electron chi connectivity index (χ4n) is 3.15. The molecule has 9 nitrogen and oxygen atoms in total. The van der Waals surface area contributed by atoms with Gasteiger partial charge in [-0.3, -0.25) is 15.1 Å². The van der Waals surface area contributed by atoms with Crippen LogP contribution < -0.4 is 14.8 Å². The number of rotatable bonds is 5. The van der Waals surface area contributed by atoms with Crippen LogP contribution in [0.1, 0.15) is 5.56 Å². The molecule has 4 aromatic rings. The zero-order chi connectivity index (χ0) is 20.5. The summed E-state index contributed by atoms with van der Waals surface area (Å²) >= 11 is 1.03. The molecule has 0 unspecified atom stereocenters.